The molecule has 0 aliphatic carbocycles. The van der Waals surface area contributed by atoms with Crippen LogP contribution < -0.4 is 14.9 Å². The number of carbonyl (C=O) groups is 2. The normalized spacial score (nSPS) is 11.1. The molecule has 4 aromatic rings. The summed E-state index contributed by atoms with van der Waals surface area (Å²) in [5.41, 5.74) is 6.56. The molecule has 0 aliphatic heterocycles. The Hall–Kier alpha value is -4.65. The molecule has 0 aliphatic rings. The van der Waals surface area contributed by atoms with Gasteiger partial charge in [-0.15, -0.1) is 0 Å². The lowest BCUT2D eigenvalue weighted by Gasteiger charge is -2.12. The summed E-state index contributed by atoms with van der Waals surface area (Å²) in [5, 5.41) is 4.26. The van der Waals surface area contributed by atoms with Crippen LogP contribution in [0.25, 0.3) is 5.69 Å². The molecule has 0 spiro atoms. The molecule has 1 N–H and O–H groups in total. The quantitative estimate of drug-likeness (QED) is 0.176. The number of nitrogens with zero attached hydrogens (tertiary/aromatic N) is 2. The van der Waals surface area contributed by atoms with Crippen LogP contribution in [-0.4, -0.2) is 29.3 Å². The number of hydrazone groups is 1. The first-order chi connectivity index (χ1) is 17.0. The van der Waals surface area contributed by atoms with Crippen LogP contribution in [0.2, 0.25) is 0 Å². The van der Waals surface area contributed by atoms with Gasteiger partial charge in [0.05, 0.1) is 29.6 Å². The molecule has 4 rings (SSSR count). The third-order valence-electron chi connectivity index (χ3n) is 5.39. The molecule has 3 aromatic carbocycles. The van der Waals surface area contributed by atoms with Crippen LogP contribution in [0.3, 0.4) is 0 Å². The van der Waals surface area contributed by atoms with Crippen molar-refractivity contribution in [2.45, 2.75) is 13.8 Å². The zero-order chi connectivity index (χ0) is 24.8. The van der Waals surface area contributed by atoms with Gasteiger partial charge in [-0.1, -0.05) is 29.8 Å². The number of methoxy groups -OCH3 is 1. The molecule has 0 fully saturated rings. The van der Waals surface area contributed by atoms with Gasteiger partial charge in [0.15, 0.2) is 11.5 Å². The molecule has 0 saturated carbocycles. The van der Waals surface area contributed by atoms with E-state index < -0.39 is 5.97 Å². The minimum absolute atomic E-state index is 0.292. The molecular weight excluding hydrogens is 442 g/mol. The Labute approximate surface area is 203 Å². The maximum atomic E-state index is 12.8. The summed E-state index contributed by atoms with van der Waals surface area (Å²) in [6.45, 7) is 3.68. The number of hydrogen-bond donors (Lipinski definition) is 1. The molecule has 1 aromatic heterocycles. The van der Waals surface area contributed by atoms with E-state index in [0.717, 1.165) is 11.3 Å². The number of benzene rings is 3. The Morgan fingerprint density at radius 2 is 1.63 bits per heavy atom. The molecule has 1 amide bonds. The Morgan fingerprint density at radius 1 is 0.857 bits per heavy atom. The Balaban J connectivity index is 1.50. The van der Waals surface area contributed by atoms with Gasteiger partial charge < -0.3 is 14.0 Å². The molecule has 0 radical (unpaired) electrons. The number of aromatic nitrogens is 1. The fourth-order valence-corrected chi connectivity index (χ4v) is 3.55. The van der Waals surface area contributed by atoms with E-state index in [1.165, 1.54) is 7.11 Å². The second kappa shape index (κ2) is 10.5. The third-order valence-corrected chi connectivity index (χ3v) is 5.39. The molecule has 35 heavy (non-hydrogen) atoms. The summed E-state index contributed by atoms with van der Waals surface area (Å²) in [6.07, 6.45) is 3.75. The van der Waals surface area contributed by atoms with Crippen molar-refractivity contribution < 1.29 is 19.1 Å². The predicted octanol–water partition coefficient (Wildman–Crippen LogP) is 5.17. The first kappa shape index (κ1) is 23.5. The number of esters is 1. The van der Waals surface area contributed by atoms with Gasteiger partial charge >= 0.3 is 5.97 Å². The number of aryl methyl sites for hydroxylation is 1. The second-order valence-corrected chi connectivity index (χ2v) is 7.87. The maximum absolute atomic E-state index is 12.8. The highest BCUT2D eigenvalue weighted by Gasteiger charge is 2.15. The van der Waals surface area contributed by atoms with Crippen molar-refractivity contribution in [2.24, 2.45) is 5.10 Å². The van der Waals surface area contributed by atoms with Gasteiger partial charge in [-0.3, -0.25) is 4.79 Å². The number of rotatable bonds is 7. The fraction of sp³-hybridized carbons (Fsp3) is 0.107. The van der Waals surface area contributed by atoms with Gasteiger partial charge in [-0.05, 0) is 68.4 Å². The van der Waals surface area contributed by atoms with E-state index in [2.05, 4.69) is 10.5 Å². The van der Waals surface area contributed by atoms with Gasteiger partial charge in [0, 0.05) is 18.0 Å². The van der Waals surface area contributed by atoms with Gasteiger partial charge in [0.1, 0.15) is 0 Å². The number of hydrogen-bond acceptors (Lipinski definition) is 5. The van der Waals surface area contributed by atoms with E-state index in [0.29, 0.717) is 33.9 Å². The molecule has 1 heterocycles. The van der Waals surface area contributed by atoms with Crippen LogP contribution >= 0.6 is 0 Å². The Bertz CT molecular complexity index is 1390. The van der Waals surface area contributed by atoms with Gasteiger partial charge in [0.25, 0.3) is 5.91 Å². The first-order valence-electron chi connectivity index (χ1n) is 11.0. The van der Waals surface area contributed by atoms with E-state index in [1.54, 1.807) is 55.5 Å². The van der Waals surface area contributed by atoms with Crippen LogP contribution in [0.4, 0.5) is 0 Å². The molecule has 7 heteroatoms. The lowest BCUT2D eigenvalue weighted by molar-refractivity contribution is 0.0729. The number of carbonyl (C=O) groups excluding carboxylic acids is 2. The number of para-hydroxylation sites is 1. The van der Waals surface area contributed by atoms with Crippen LogP contribution in [0.1, 0.15) is 38.8 Å². The molecule has 0 unspecified atom stereocenters. The smallest absolute Gasteiger partial charge is 0.343 e. The van der Waals surface area contributed by atoms with Crippen molar-refractivity contribution in [3.8, 4) is 17.2 Å². The lowest BCUT2D eigenvalue weighted by atomic mass is 10.1. The highest BCUT2D eigenvalue weighted by Crippen LogP contribution is 2.29. The van der Waals surface area contributed by atoms with Gasteiger partial charge in [0.2, 0.25) is 0 Å². The van der Waals surface area contributed by atoms with Crippen molar-refractivity contribution in [1.82, 2.24) is 9.99 Å². The van der Waals surface area contributed by atoms with E-state index in [9.17, 15) is 9.59 Å². The zero-order valence-electron chi connectivity index (χ0n) is 19.7. The summed E-state index contributed by atoms with van der Waals surface area (Å²) in [4.78, 5) is 25.4. The van der Waals surface area contributed by atoms with Crippen molar-refractivity contribution >= 4 is 17.6 Å². The Kier molecular flexibility index (Phi) is 7.07. The van der Waals surface area contributed by atoms with E-state index in [4.69, 9.17) is 9.47 Å². The fourth-order valence-electron chi connectivity index (χ4n) is 3.55. The largest absolute Gasteiger partial charge is 0.493 e. The summed E-state index contributed by atoms with van der Waals surface area (Å²) in [7, 11) is 1.50. The SMILES string of the molecule is COc1cc(/C(C)=N/NC(=O)c2ccccc2-n2cccc2)ccc1OC(=O)c1cccc(C)c1. The van der Waals surface area contributed by atoms with Crippen LogP contribution in [0, 0.1) is 6.92 Å². The first-order valence-corrected chi connectivity index (χ1v) is 11.0. The summed E-state index contributed by atoms with van der Waals surface area (Å²) < 4.78 is 12.8. The monoisotopic (exact) mass is 467 g/mol. The average molecular weight is 468 g/mol. The minimum atomic E-state index is -0.473. The molecule has 0 saturated heterocycles. The standard InChI is InChI=1S/C28H25N3O4/c1-19-9-8-10-22(17-19)28(33)35-25-14-13-21(18-26(25)34-3)20(2)29-30-27(32)23-11-4-5-12-24(23)31-15-6-7-16-31/h4-18H,1-3H3,(H,30,32)/b29-20+. The number of ether oxygens (including phenoxy) is 2. The van der Waals surface area contributed by atoms with Crippen LogP contribution in [-0.2, 0) is 0 Å². The van der Waals surface area contributed by atoms with Crippen LogP contribution in [0.15, 0.2) is 96.4 Å². The van der Waals surface area contributed by atoms with Crippen molar-refractivity contribution in [1.29, 1.82) is 0 Å². The number of nitrogens with one attached hydrogen (secondary N) is 1. The van der Waals surface area contributed by atoms with Crippen LogP contribution in [0.5, 0.6) is 11.5 Å². The van der Waals surface area contributed by atoms with Crippen molar-refractivity contribution in [3.05, 3.63) is 114 Å². The zero-order valence-corrected chi connectivity index (χ0v) is 19.7. The molecular formula is C28H25N3O4. The molecule has 7 nitrogen and oxygen atoms in total. The molecule has 0 atom stereocenters. The van der Waals surface area contributed by atoms with E-state index >= 15 is 0 Å². The highest BCUT2D eigenvalue weighted by atomic mass is 16.6. The molecule has 0 bridgehead atoms. The third kappa shape index (κ3) is 5.47. The summed E-state index contributed by atoms with van der Waals surface area (Å²) >= 11 is 0. The van der Waals surface area contributed by atoms with Gasteiger partial charge in [-0.25, -0.2) is 10.2 Å². The molecule has 176 valence electrons. The van der Waals surface area contributed by atoms with Crippen molar-refractivity contribution in [2.75, 3.05) is 7.11 Å². The van der Waals surface area contributed by atoms with E-state index in [-0.39, 0.29) is 5.91 Å². The second-order valence-electron chi connectivity index (χ2n) is 7.87. The summed E-state index contributed by atoms with van der Waals surface area (Å²) in [5.74, 6) is -0.134. The maximum Gasteiger partial charge on any atom is 0.343 e. The lowest BCUT2D eigenvalue weighted by Crippen LogP contribution is -2.21. The minimum Gasteiger partial charge on any atom is -0.493 e. The predicted molar refractivity (Wildman–Crippen MR) is 135 cm³/mol. The topological polar surface area (TPSA) is 81.9 Å². The average Bonchev–Trinajstić information content (AvgIpc) is 3.42. The highest BCUT2D eigenvalue weighted by molar-refractivity contribution is 6.02. The number of amides is 1. The van der Waals surface area contributed by atoms with E-state index in [1.807, 2.05) is 54.2 Å². The summed E-state index contributed by atoms with van der Waals surface area (Å²) in [6, 6.07) is 23.4. The van der Waals surface area contributed by atoms with Crippen molar-refractivity contribution in [3.63, 3.8) is 0 Å². The van der Waals surface area contributed by atoms with Gasteiger partial charge in [-0.2, -0.15) is 5.10 Å². The Morgan fingerprint density at radius 3 is 2.37 bits per heavy atom.